The van der Waals surface area contributed by atoms with Crippen LogP contribution in [-0.4, -0.2) is 16.9 Å². The number of nitrogens with zero attached hydrogens (tertiary/aromatic N) is 1. The second kappa shape index (κ2) is 8.40. The average molecular weight is 460 g/mol. The monoisotopic (exact) mass is 459 g/mol. The van der Waals surface area contributed by atoms with Crippen LogP contribution in [-0.2, 0) is 6.18 Å². The summed E-state index contributed by atoms with van der Waals surface area (Å²) in [7, 11) is 0. The van der Waals surface area contributed by atoms with Crippen LogP contribution in [0.2, 0.25) is 10.0 Å². The minimum absolute atomic E-state index is 0.0355. The largest absolute Gasteiger partial charge is 0.436 e. The molecule has 1 heterocycles. The average Bonchev–Trinajstić information content (AvgIpc) is 3.06. The first-order valence-corrected chi connectivity index (χ1v) is 9.42. The Morgan fingerprint density at radius 1 is 0.931 bits per heavy atom. The number of halogens is 5. The van der Waals surface area contributed by atoms with Gasteiger partial charge in [-0.05, 0) is 36.4 Å². The molecule has 0 radical (unpaired) electrons. The number of hydrogen-bond donors (Lipinski definition) is 2. The Morgan fingerprint density at radius 3 is 2.03 bits per heavy atom. The summed E-state index contributed by atoms with van der Waals surface area (Å²) in [6.07, 6.45) is -4.80. The number of imide groups is 1. The number of alkyl halides is 3. The van der Waals surface area contributed by atoms with Crippen LogP contribution in [0.4, 0.5) is 23.0 Å². The van der Waals surface area contributed by atoms with E-state index in [4.69, 9.17) is 23.2 Å². The fourth-order valence-corrected chi connectivity index (χ4v) is 3.46. The predicted molar refractivity (Wildman–Crippen MR) is 105 cm³/mol. The Balaban J connectivity index is 1.81. The molecule has 0 saturated heterocycles. The summed E-state index contributed by atoms with van der Waals surface area (Å²) in [4.78, 5) is 27.7. The van der Waals surface area contributed by atoms with Crippen LogP contribution >= 0.6 is 34.5 Å². The lowest BCUT2D eigenvalue weighted by Crippen LogP contribution is -2.34. The van der Waals surface area contributed by atoms with Crippen molar-refractivity contribution in [3.05, 3.63) is 69.8 Å². The van der Waals surface area contributed by atoms with Crippen LogP contribution < -0.4 is 10.6 Å². The van der Waals surface area contributed by atoms with Crippen molar-refractivity contribution in [1.29, 1.82) is 0 Å². The number of hydrogen-bond acceptors (Lipinski definition) is 4. The maximum absolute atomic E-state index is 13.3. The van der Waals surface area contributed by atoms with Gasteiger partial charge in [0.2, 0.25) is 0 Å². The van der Waals surface area contributed by atoms with E-state index in [9.17, 15) is 22.8 Å². The molecule has 29 heavy (non-hydrogen) atoms. The molecule has 2 aromatic carbocycles. The highest BCUT2D eigenvalue weighted by atomic mass is 35.5. The fraction of sp³-hybridized carbons (Fsp3) is 0.0556. The normalized spacial score (nSPS) is 11.2. The molecule has 0 aliphatic heterocycles. The molecule has 0 saturated carbocycles. The lowest BCUT2D eigenvalue weighted by molar-refractivity contribution is -0.140. The molecular formula is C18H10Cl2F3N3O2S. The zero-order chi connectivity index (χ0) is 21.2. The standard InChI is InChI=1S/C18H10Cl2F3N3O2S/c19-11-5-1-9(2-6-11)14(27)25-17(28)26-16-13(18(21,22)23)24-15(29-16)10-3-7-12(20)8-4-10/h1-8H,(H2,25,26,27,28). The molecule has 5 nitrogen and oxygen atoms in total. The topological polar surface area (TPSA) is 71.1 Å². The number of aromatic nitrogens is 1. The summed E-state index contributed by atoms with van der Waals surface area (Å²) in [5, 5.41) is 4.31. The van der Waals surface area contributed by atoms with Crippen molar-refractivity contribution < 1.29 is 22.8 Å². The maximum Gasteiger partial charge on any atom is 0.436 e. The third-order valence-electron chi connectivity index (χ3n) is 3.55. The van der Waals surface area contributed by atoms with Crippen molar-refractivity contribution in [2.24, 2.45) is 0 Å². The number of carbonyl (C=O) groups excluding carboxylic acids is 2. The number of nitrogens with one attached hydrogen (secondary N) is 2. The van der Waals surface area contributed by atoms with Crippen molar-refractivity contribution in [2.45, 2.75) is 6.18 Å². The van der Waals surface area contributed by atoms with Crippen molar-refractivity contribution in [3.63, 3.8) is 0 Å². The van der Waals surface area contributed by atoms with Gasteiger partial charge in [0.15, 0.2) is 5.69 Å². The second-order valence-corrected chi connectivity index (χ2v) is 7.49. The van der Waals surface area contributed by atoms with Gasteiger partial charge >= 0.3 is 12.2 Å². The van der Waals surface area contributed by atoms with Crippen LogP contribution in [0.25, 0.3) is 10.6 Å². The number of carbonyl (C=O) groups is 2. The van der Waals surface area contributed by atoms with Crippen LogP contribution in [0.5, 0.6) is 0 Å². The lowest BCUT2D eigenvalue weighted by Gasteiger charge is -2.08. The first kappa shape index (κ1) is 21.1. The Hall–Kier alpha value is -2.62. The molecule has 150 valence electrons. The molecule has 3 aromatic rings. The highest BCUT2D eigenvalue weighted by molar-refractivity contribution is 7.19. The molecule has 1 aromatic heterocycles. The molecule has 2 N–H and O–H groups in total. The molecule has 0 fully saturated rings. The summed E-state index contributed by atoms with van der Waals surface area (Å²) in [6.45, 7) is 0. The molecule has 0 aliphatic carbocycles. The van der Waals surface area contributed by atoms with Gasteiger partial charge in [-0.25, -0.2) is 9.78 Å². The lowest BCUT2D eigenvalue weighted by atomic mass is 10.2. The van der Waals surface area contributed by atoms with E-state index in [-0.39, 0.29) is 10.6 Å². The minimum atomic E-state index is -4.80. The SMILES string of the molecule is O=C(NC(=O)c1ccc(Cl)cc1)Nc1sc(-c2ccc(Cl)cc2)nc1C(F)(F)F. The van der Waals surface area contributed by atoms with Gasteiger partial charge < -0.3 is 0 Å². The minimum Gasteiger partial charge on any atom is -0.297 e. The zero-order valence-corrected chi connectivity index (χ0v) is 16.5. The molecule has 3 amide bonds. The zero-order valence-electron chi connectivity index (χ0n) is 14.2. The Labute approximate surface area is 176 Å². The molecule has 0 aliphatic rings. The van der Waals surface area contributed by atoms with Gasteiger partial charge in [0.05, 0.1) is 0 Å². The van der Waals surface area contributed by atoms with Gasteiger partial charge in [-0.15, -0.1) is 0 Å². The quantitative estimate of drug-likeness (QED) is 0.497. The highest BCUT2D eigenvalue weighted by Gasteiger charge is 2.38. The van der Waals surface area contributed by atoms with Gasteiger partial charge in [-0.3, -0.25) is 15.4 Å². The Bertz CT molecular complexity index is 1050. The van der Waals surface area contributed by atoms with Crippen LogP contribution in [0.15, 0.2) is 48.5 Å². The predicted octanol–water partition coefficient (Wildman–Crippen LogP) is 6.10. The summed E-state index contributed by atoms with van der Waals surface area (Å²) in [5.74, 6) is -0.796. The van der Waals surface area contributed by atoms with E-state index in [0.717, 1.165) is 0 Å². The second-order valence-electron chi connectivity index (χ2n) is 5.62. The van der Waals surface area contributed by atoms with Crippen molar-refractivity contribution in [1.82, 2.24) is 10.3 Å². The van der Waals surface area contributed by atoms with Gasteiger partial charge in [0, 0.05) is 21.2 Å². The maximum atomic E-state index is 13.3. The number of benzene rings is 2. The van der Waals surface area contributed by atoms with Crippen molar-refractivity contribution >= 4 is 51.5 Å². The summed E-state index contributed by atoms with van der Waals surface area (Å²) >= 11 is 12.1. The van der Waals surface area contributed by atoms with E-state index in [1.54, 1.807) is 0 Å². The van der Waals surface area contributed by atoms with Gasteiger partial charge in [-0.2, -0.15) is 13.2 Å². The van der Waals surface area contributed by atoms with E-state index >= 15 is 0 Å². The first-order chi connectivity index (χ1) is 13.6. The number of anilines is 1. The van der Waals surface area contributed by atoms with E-state index in [1.807, 2.05) is 10.6 Å². The molecule has 11 heteroatoms. The molecular weight excluding hydrogens is 450 g/mol. The molecule has 0 unspecified atom stereocenters. The van der Waals surface area contributed by atoms with Gasteiger partial charge in [0.25, 0.3) is 5.91 Å². The van der Waals surface area contributed by atoms with Crippen LogP contribution in [0, 0.1) is 0 Å². The first-order valence-electron chi connectivity index (χ1n) is 7.85. The third kappa shape index (κ3) is 5.26. The molecule has 3 rings (SSSR count). The number of thiazole rings is 1. The Morgan fingerprint density at radius 2 is 1.48 bits per heavy atom. The summed E-state index contributed by atoms with van der Waals surface area (Å²) in [5.41, 5.74) is -0.746. The smallest absolute Gasteiger partial charge is 0.297 e. The molecule has 0 bridgehead atoms. The fourth-order valence-electron chi connectivity index (χ4n) is 2.22. The van der Waals surface area contributed by atoms with E-state index in [0.29, 0.717) is 26.9 Å². The highest BCUT2D eigenvalue weighted by Crippen LogP contribution is 2.41. The molecule has 0 spiro atoms. The van der Waals surface area contributed by atoms with Crippen LogP contribution in [0.1, 0.15) is 16.1 Å². The van der Waals surface area contributed by atoms with E-state index in [2.05, 4.69) is 4.98 Å². The van der Waals surface area contributed by atoms with E-state index in [1.165, 1.54) is 48.5 Å². The summed E-state index contributed by atoms with van der Waals surface area (Å²) in [6, 6.07) is 10.5. The number of rotatable bonds is 3. The third-order valence-corrected chi connectivity index (χ3v) is 5.07. The van der Waals surface area contributed by atoms with Crippen molar-refractivity contribution in [3.8, 4) is 10.6 Å². The number of amides is 3. The van der Waals surface area contributed by atoms with Crippen molar-refractivity contribution in [2.75, 3.05) is 5.32 Å². The number of urea groups is 1. The van der Waals surface area contributed by atoms with Gasteiger partial charge in [-0.1, -0.05) is 46.7 Å². The van der Waals surface area contributed by atoms with Gasteiger partial charge in [0.1, 0.15) is 10.0 Å². The Kier molecular flexibility index (Phi) is 6.11. The van der Waals surface area contributed by atoms with Crippen LogP contribution in [0.3, 0.4) is 0 Å². The molecule has 0 atom stereocenters. The van der Waals surface area contributed by atoms with E-state index < -0.39 is 28.8 Å². The summed E-state index contributed by atoms with van der Waals surface area (Å²) < 4.78 is 40.0.